The number of ether oxygens (including phenoxy) is 1. The molecule has 0 spiro atoms. The monoisotopic (exact) mass is 434 g/mol. The molecule has 0 saturated heterocycles. The lowest BCUT2D eigenvalue weighted by atomic mass is 10.1. The maximum absolute atomic E-state index is 13.2. The summed E-state index contributed by atoms with van der Waals surface area (Å²) in [5, 5.41) is 17.1. The maximum Gasteiger partial charge on any atom is 0.337 e. The van der Waals surface area contributed by atoms with Gasteiger partial charge in [0.2, 0.25) is 0 Å². The van der Waals surface area contributed by atoms with E-state index in [0.29, 0.717) is 29.9 Å². The van der Waals surface area contributed by atoms with Crippen molar-refractivity contribution in [3.05, 3.63) is 76.5 Å². The molecule has 0 radical (unpaired) electrons. The Morgan fingerprint density at radius 3 is 2.47 bits per heavy atom. The van der Waals surface area contributed by atoms with Crippen molar-refractivity contribution < 1.29 is 19.4 Å². The largest absolute Gasteiger partial charge is 0.508 e. The molecule has 1 amide bonds. The molecule has 1 atom stereocenters. The number of hydrogen-bond acceptors (Lipinski definition) is 6. The summed E-state index contributed by atoms with van der Waals surface area (Å²) >= 11 is 0. The van der Waals surface area contributed by atoms with Crippen molar-refractivity contribution in [2.75, 3.05) is 18.6 Å². The van der Waals surface area contributed by atoms with E-state index in [2.05, 4.69) is 15.3 Å². The molecular weight excluding hydrogens is 408 g/mol. The average Bonchev–Trinajstić information content (AvgIpc) is 3.32. The van der Waals surface area contributed by atoms with Gasteiger partial charge in [0.25, 0.3) is 5.91 Å². The summed E-state index contributed by atoms with van der Waals surface area (Å²) in [6, 6.07) is 13.8. The smallest absolute Gasteiger partial charge is 0.337 e. The highest BCUT2D eigenvalue weighted by Crippen LogP contribution is 2.30. The molecule has 166 valence electrons. The zero-order valence-corrected chi connectivity index (χ0v) is 18.3. The van der Waals surface area contributed by atoms with Gasteiger partial charge in [-0.25, -0.2) is 9.48 Å². The van der Waals surface area contributed by atoms with Crippen molar-refractivity contribution >= 4 is 17.7 Å². The number of hydrogen-bond donors (Lipinski definition) is 2. The predicted octanol–water partition coefficient (Wildman–Crippen LogP) is 3.19. The van der Waals surface area contributed by atoms with Crippen LogP contribution in [0, 0.1) is 6.92 Å². The number of carbonyl (C=O) groups is 2. The molecular formula is C24H26N4O4. The molecule has 3 aromatic rings. The van der Waals surface area contributed by atoms with Gasteiger partial charge in [-0.15, -0.1) is 0 Å². The lowest BCUT2D eigenvalue weighted by Gasteiger charge is -2.20. The van der Waals surface area contributed by atoms with Gasteiger partial charge >= 0.3 is 5.97 Å². The number of esters is 1. The maximum atomic E-state index is 13.2. The van der Waals surface area contributed by atoms with Crippen molar-refractivity contribution in [2.24, 2.45) is 0 Å². The van der Waals surface area contributed by atoms with Crippen LogP contribution < -0.4 is 10.2 Å². The number of amides is 1. The minimum atomic E-state index is -0.395. The Balaban J connectivity index is 1.52. The first-order chi connectivity index (χ1) is 15.4. The van der Waals surface area contributed by atoms with Gasteiger partial charge in [-0.1, -0.05) is 24.3 Å². The molecule has 0 bridgehead atoms. The Morgan fingerprint density at radius 2 is 1.81 bits per heavy atom. The number of anilines is 1. The number of rotatable bonds is 6. The minimum Gasteiger partial charge on any atom is -0.508 e. The third-order valence-corrected chi connectivity index (χ3v) is 5.70. The van der Waals surface area contributed by atoms with Crippen LogP contribution in [0.25, 0.3) is 0 Å². The Morgan fingerprint density at radius 1 is 1.12 bits per heavy atom. The molecule has 2 heterocycles. The highest BCUT2D eigenvalue weighted by Gasteiger charge is 2.30. The van der Waals surface area contributed by atoms with Gasteiger partial charge < -0.3 is 20.1 Å². The number of nitrogens with zero attached hydrogens (tertiary/aromatic N) is 3. The molecule has 0 aliphatic carbocycles. The van der Waals surface area contributed by atoms with Crippen LogP contribution in [0.3, 0.4) is 0 Å². The summed E-state index contributed by atoms with van der Waals surface area (Å²) in [5.74, 6) is 0.449. The van der Waals surface area contributed by atoms with Crippen LogP contribution in [-0.2, 0) is 17.8 Å². The van der Waals surface area contributed by atoms with E-state index >= 15 is 0 Å². The fourth-order valence-corrected chi connectivity index (χ4v) is 3.99. The van der Waals surface area contributed by atoms with E-state index < -0.39 is 5.97 Å². The zero-order chi connectivity index (χ0) is 22.8. The highest BCUT2D eigenvalue weighted by molar-refractivity contribution is 6.00. The van der Waals surface area contributed by atoms with E-state index in [1.54, 1.807) is 24.3 Å². The van der Waals surface area contributed by atoms with E-state index in [4.69, 9.17) is 4.74 Å². The SMILES string of the molecule is COC(=O)c1ccc([C@H](C)NC(=O)c2c(C)nn3c2N(Cc2ccc(O)cc2)CC3)cc1. The van der Waals surface area contributed by atoms with Crippen LogP contribution in [0.15, 0.2) is 48.5 Å². The first-order valence-electron chi connectivity index (χ1n) is 10.5. The first kappa shape index (κ1) is 21.4. The van der Waals surface area contributed by atoms with E-state index in [1.165, 1.54) is 7.11 Å². The Labute approximate surface area is 186 Å². The van der Waals surface area contributed by atoms with Crippen LogP contribution in [0.1, 0.15) is 50.5 Å². The fourth-order valence-electron chi connectivity index (χ4n) is 3.99. The number of fused-ring (bicyclic) bond motifs is 1. The fraction of sp³-hybridized carbons (Fsp3) is 0.292. The number of methoxy groups -OCH3 is 1. The summed E-state index contributed by atoms with van der Waals surface area (Å²) in [4.78, 5) is 27.0. The number of phenolic OH excluding ortho intramolecular Hbond substituents is 1. The Kier molecular flexibility index (Phi) is 5.85. The molecule has 8 nitrogen and oxygen atoms in total. The molecule has 2 aromatic carbocycles. The van der Waals surface area contributed by atoms with Gasteiger partial charge in [0.05, 0.1) is 31.0 Å². The molecule has 2 N–H and O–H groups in total. The van der Waals surface area contributed by atoms with E-state index in [-0.39, 0.29) is 17.7 Å². The molecule has 4 rings (SSSR count). The van der Waals surface area contributed by atoms with Gasteiger partial charge in [0.1, 0.15) is 17.1 Å². The summed E-state index contributed by atoms with van der Waals surface area (Å²) in [6.45, 7) is 5.84. The van der Waals surface area contributed by atoms with Crippen LogP contribution in [0.4, 0.5) is 5.82 Å². The molecule has 1 aromatic heterocycles. The molecule has 0 unspecified atom stereocenters. The molecule has 0 fully saturated rings. The van der Waals surface area contributed by atoms with Gasteiger partial charge in [0, 0.05) is 13.1 Å². The third kappa shape index (κ3) is 4.16. The molecule has 8 heteroatoms. The molecule has 32 heavy (non-hydrogen) atoms. The Hall–Kier alpha value is -3.81. The van der Waals surface area contributed by atoms with Gasteiger partial charge in [-0.2, -0.15) is 5.10 Å². The van der Waals surface area contributed by atoms with Crippen LogP contribution >= 0.6 is 0 Å². The third-order valence-electron chi connectivity index (χ3n) is 5.70. The van der Waals surface area contributed by atoms with E-state index in [1.807, 2.05) is 42.8 Å². The number of aromatic hydroxyl groups is 1. The van der Waals surface area contributed by atoms with Crippen LogP contribution in [0.5, 0.6) is 5.75 Å². The zero-order valence-electron chi connectivity index (χ0n) is 18.3. The van der Waals surface area contributed by atoms with Crippen molar-refractivity contribution in [1.82, 2.24) is 15.1 Å². The van der Waals surface area contributed by atoms with Crippen LogP contribution in [-0.4, -0.2) is 40.4 Å². The van der Waals surface area contributed by atoms with Crippen molar-refractivity contribution in [3.63, 3.8) is 0 Å². The quantitative estimate of drug-likeness (QED) is 0.579. The number of aryl methyl sites for hydroxylation is 1. The minimum absolute atomic E-state index is 0.189. The lowest BCUT2D eigenvalue weighted by molar-refractivity contribution is 0.0600. The number of carbonyl (C=O) groups excluding carboxylic acids is 2. The summed E-state index contributed by atoms with van der Waals surface area (Å²) in [6.07, 6.45) is 0. The summed E-state index contributed by atoms with van der Waals surface area (Å²) < 4.78 is 6.60. The van der Waals surface area contributed by atoms with E-state index in [0.717, 1.165) is 23.5 Å². The van der Waals surface area contributed by atoms with Gasteiger partial charge in [-0.05, 0) is 49.2 Å². The second-order valence-corrected chi connectivity index (χ2v) is 7.90. The van der Waals surface area contributed by atoms with E-state index in [9.17, 15) is 14.7 Å². The van der Waals surface area contributed by atoms with Crippen molar-refractivity contribution in [3.8, 4) is 5.75 Å². The number of nitrogens with one attached hydrogen (secondary N) is 1. The average molecular weight is 434 g/mol. The van der Waals surface area contributed by atoms with Crippen LogP contribution in [0.2, 0.25) is 0 Å². The molecule has 1 aliphatic heterocycles. The standard InChI is InChI=1S/C24H26N4O4/c1-15(18-6-8-19(9-7-18)24(31)32-3)25-22(30)21-16(2)26-28-13-12-27(23(21)28)14-17-4-10-20(29)11-5-17/h4-11,15,29H,12-14H2,1-3H3,(H,25,30)/t15-/m0/s1. The number of benzene rings is 2. The number of phenols is 1. The summed E-state index contributed by atoms with van der Waals surface area (Å²) in [7, 11) is 1.34. The van der Waals surface area contributed by atoms with Crippen molar-refractivity contribution in [1.29, 1.82) is 0 Å². The summed E-state index contributed by atoms with van der Waals surface area (Å²) in [5.41, 5.74) is 3.64. The van der Waals surface area contributed by atoms with Gasteiger partial charge in [0.15, 0.2) is 0 Å². The normalized spacial score (nSPS) is 13.5. The molecule has 0 saturated carbocycles. The second-order valence-electron chi connectivity index (χ2n) is 7.90. The van der Waals surface area contributed by atoms with Crippen molar-refractivity contribution in [2.45, 2.75) is 33.0 Å². The second kappa shape index (κ2) is 8.74. The highest BCUT2D eigenvalue weighted by atomic mass is 16.5. The number of aromatic nitrogens is 2. The molecule has 1 aliphatic rings. The van der Waals surface area contributed by atoms with Gasteiger partial charge in [-0.3, -0.25) is 4.79 Å². The first-order valence-corrected chi connectivity index (χ1v) is 10.5. The predicted molar refractivity (Wildman–Crippen MR) is 120 cm³/mol. The topological polar surface area (TPSA) is 96.7 Å². The lowest BCUT2D eigenvalue weighted by Crippen LogP contribution is -2.29. The Bertz CT molecular complexity index is 1140.